The van der Waals surface area contributed by atoms with Crippen LogP contribution in [0.3, 0.4) is 0 Å². The Balaban J connectivity index is 1.40. The number of carbonyl (C=O) groups excluding carboxylic acids is 2. The highest BCUT2D eigenvalue weighted by Gasteiger charge is 2.39. The van der Waals surface area contributed by atoms with E-state index in [1.165, 1.54) is 28.0 Å². The maximum absolute atomic E-state index is 13.7. The van der Waals surface area contributed by atoms with Crippen molar-refractivity contribution in [2.45, 2.75) is 45.3 Å². The first-order valence-electron chi connectivity index (χ1n) is 12.9. The van der Waals surface area contributed by atoms with E-state index < -0.39 is 22.2 Å². The van der Waals surface area contributed by atoms with Crippen molar-refractivity contribution < 1.29 is 28.0 Å². The van der Waals surface area contributed by atoms with Crippen LogP contribution in [-0.4, -0.2) is 87.8 Å². The van der Waals surface area contributed by atoms with Gasteiger partial charge in [0.1, 0.15) is 0 Å². The fourth-order valence-electron chi connectivity index (χ4n) is 5.01. The van der Waals surface area contributed by atoms with E-state index in [0.29, 0.717) is 27.9 Å². The summed E-state index contributed by atoms with van der Waals surface area (Å²) in [4.78, 5) is 33.2. The Morgan fingerprint density at radius 2 is 2.05 bits per heavy atom. The van der Waals surface area contributed by atoms with Crippen molar-refractivity contribution in [2.75, 3.05) is 26.2 Å². The van der Waals surface area contributed by atoms with Crippen molar-refractivity contribution in [1.29, 1.82) is 0 Å². The third-order valence-corrected chi connectivity index (χ3v) is 9.91. The van der Waals surface area contributed by atoms with E-state index in [2.05, 4.69) is 22.4 Å². The lowest BCUT2D eigenvalue weighted by Gasteiger charge is -2.40. The highest BCUT2D eigenvalue weighted by molar-refractivity contribution is 7.87. The average molecular weight is 590 g/mol. The van der Waals surface area contributed by atoms with E-state index >= 15 is 0 Å². The number of thiazole rings is 1. The molecular formula is C25H31N7O6S2. The molecular weight excluding hydrogens is 558 g/mol. The fraction of sp³-hybridized carbons (Fsp3) is 0.440. The molecule has 1 fully saturated rings. The summed E-state index contributed by atoms with van der Waals surface area (Å²) in [5.41, 5.74) is 7.02. The Morgan fingerprint density at radius 1 is 1.27 bits per heavy atom. The van der Waals surface area contributed by atoms with Crippen LogP contribution in [-0.2, 0) is 32.7 Å². The van der Waals surface area contributed by atoms with Gasteiger partial charge < -0.3 is 25.9 Å². The van der Waals surface area contributed by atoms with Gasteiger partial charge in [-0.2, -0.15) is 12.7 Å². The number of fused-ring (bicyclic) bond motifs is 2. The maximum Gasteiger partial charge on any atom is 0.307 e. The van der Waals surface area contributed by atoms with Crippen LogP contribution in [0.1, 0.15) is 46.2 Å². The van der Waals surface area contributed by atoms with Crippen molar-refractivity contribution in [3.63, 3.8) is 0 Å². The number of carbonyl (C=O) groups is 2. The monoisotopic (exact) mass is 589 g/mol. The first-order chi connectivity index (χ1) is 19.1. The normalized spacial score (nSPS) is 20.4. The average Bonchev–Trinajstić information content (AvgIpc) is 3.56. The lowest BCUT2D eigenvalue weighted by molar-refractivity contribution is -0.144. The molecule has 1 amide bonds. The van der Waals surface area contributed by atoms with E-state index in [-0.39, 0.29) is 50.4 Å². The summed E-state index contributed by atoms with van der Waals surface area (Å²) in [5.74, 6) is -0.920. The molecule has 0 radical (unpaired) electrons. The molecule has 0 bridgehead atoms. The Labute approximate surface area is 235 Å². The minimum Gasteiger partial charge on any atom is -0.466 e. The highest BCUT2D eigenvalue weighted by atomic mass is 32.2. The summed E-state index contributed by atoms with van der Waals surface area (Å²) in [5, 5.41) is 16.9. The molecule has 1 saturated heterocycles. The number of hydrogen-bond donors (Lipinski definition) is 3. The van der Waals surface area contributed by atoms with Gasteiger partial charge in [-0.15, -0.1) is 11.3 Å². The van der Waals surface area contributed by atoms with Crippen molar-refractivity contribution in [3.05, 3.63) is 51.7 Å². The zero-order valence-electron chi connectivity index (χ0n) is 22.1. The standard InChI is InChI=1S/C25H31N7O6S2/c1-3-38-22(33)10-19-14-30(6-7-32(19)25(34)24-28-20-8-15(2)27-11-21(20)39-24)40(36,37)31-12-17-5-4-16(23(26)29-35)9-18(17)13-31/h4-5,9,12-13,15,19,27,35H,3,6-8,10-11,14H2,1-2H3,(H2,26,29). The molecule has 0 saturated carbocycles. The van der Waals surface area contributed by atoms with Gasteiger partial charge in [0.15, 0.2) is 10.8 Å². The molecule has 2 aliphatic heterocycles. The SMILES string of the molecule is CCOC(=O)CC1CN(S(=O)(=O)n2cc3ccc(C(N)=NO)cc3c2)CCN1C(=O)c1nc2c(s1)CNC(C)C2. The van der Waals surface area contributed by atoms with Crippen LogP contribution in [0.15, 0.2) is 35.7 Å². The van der Waals surface area contributed by atoms with Crippen LogP contribution >= 0.6 is 11.3 Å². The van der Waals surface area contributed by atoms with Crippen molar-refractivity contribution in [3.8, 4) is 0 Å². The van der Waals surface area contributed by atoms with Crippen LogP contribution in [0.5, 0.6) is 0 Å². The third kappa shape index (κ3) is 5.41. The molecule has 5 rings (SSSR count). The first-order valence-corrected chi connectivity index (χ1v) is 15.1. The van der Waals surface area contributed by atoms with Crippen LogP contribution in [0, 0.1) is 0 Å². The number of esters is 1. The van der Waals surface area contributed by atoms with Crippen LogP contribution in [0.2, 0.25) is 0 Å². The molecule has 40 heavy (non-hydrogen) atoms. The summed E-state index contributed by atoms with van der Waals surface area (Å²) in [6, 6.07) is 4.46. The molecule has 2 atom stereocenters. The van der Waals surface area contributed by atoms with Gasteiger partial charge in [-0.1, -0.05) is 17.3 Å². The van der Waals surface area contributed by atoms with Gasteiger partial charge >= 0.3 is 16.2 Å². The second kappa shape index (κ2) is 11.2. The van der Waals surface area contributed by atoms with Gasteiger partial charge in [0.25, 0.3) is 5.91 Å². The zero-order valence-corrected chi connectivity index (χ0v) is 23.7. The number of nitrogens with one attached hydrogen (secondary N) is 1. The Kier molecular flexibility index (Phi) is 7.81. The molecule has 15 heteroatoms. The number of hydrogen-bond acceptors (Lipinski definition) is 10. The first kappa shape index (κ1) is 28.0. The van der Waals surface area contributed by atoms with Crippen LogP contribution in [0.25, 0.3) is 10.8 Å². The van der Waals surface area contributed by atoms with Crippen molar-refractivity contribution >= 4 is 50.0 Å². The summed E-state index contributed by atoms with van der Waals surface area (Å²) >= 11 is 1.33. The van der Waals surface area contributed by atoms with Crippen LogP contribution in [0.4, 0.5) is 0 Å². The molecule has 0 aliphatic carbocycles. The Morgan fingerprint density at radius 3 is 2.80 bits per heavy atom. The molecule has 1 aromatic carbocycles. The molecule has 0 spiro atoms. The fourth-order valence-corrected chi connectivity index (χ4v) is 7.44. The molecule has 4 N–H and O–H groups in total. The summed E-state index contributed by atoms with van der Waals surface area (Å²) < 4.78 is 34.8. The number of benzene rings is 1. The quantitative estimate of drug-likeness (QED) is 0.120. The van der Waals surface area contributed by atoms with Crippen molar-refractivity contribution in [2.24, 2.45) is 10.9 Å². The summed E-state index contributed by atoms with van der Waals surface area (Å²) in [6.07, 6.45) is 3.51. The Bertz CT molecular complexity index is 1580. The largest absolute Gasteiger partial charge is 0.466 e. The highest BCUT2D eigenvalue weighted by Crippen LogP contribution is 2.28. The van der Waals surface area contributed by atoms with E-state index in [9.17, 15) is 18.0 Å². The van der Waals surface area contributed by atoms with Gasteiger partial charge in [-0.05, 0) is 19.9 Å². The van der Waals surface area contributed by atoms with E-state index in [1.807, 2.05) is 0 Å². The number of rotatable bonds is 7. The van der Waals surface area contributed by atoms with Gasteiger partial charge in [0.2, 0.25) is 0 Å². The minimum atomic E-state index is -4.04. The molecule has 13 nitrogen and oxygen atoms in total. The predicted octanol–water partition coefficient (Wildman–Crippen LogP) is 1.10. The second-order valence-electron chi connectivity index (χ2n) is 9.82. The summed E-state index contributed by atoms with van der Waals surface area (Å²) in [7, 11) is -4.04. The lowest BCUT2D eigenvalue weighted by atomic mass is 10.1. The number of nitrogens with zero attached hydrogens (tertiary/aromatic N) is 5. The molecule has 214 valence electrons. The number of amidine groups is 1. The predicted molar refractivity (Wildman–Crippen MR) is 149 cm³/mol. The minimum absolute atomic E-state index is 0.0426. The van der Waals surface area contributed by atoms with Gasteiger partial charge in [0.05, 0.1) is 24.8 Å². The summed E-state index contributed by atoms with van der Waals surface area (Å²) in [6.45, 7) is 4.62. The smallest absolute Gasteiger partial charge is 0.307 e. The number of nitrogens with two attached hydrogens (primary N) is 1. The zero-order chi connectivity index (χ0) is 28.6. The number of piperazine rings is 1. The molecule has 3 aromatic rings. The molecule has 4 heterocycles. The lowest BCUT2D eigenvalue weighted by Crippen LogP contribution is -2.57. The van der Waals surface area contributed by atoms with E-state index in [0.717, 1.165) is 21.0 Å². The molecule has 2 unspecified atom stereocenters. The van der Waals surface area contributed by atoms with E-state index in [1.54, 1.807) is 30.0 Å². The number of ether oxygens (including phenoxy) is 1. The van der Waals surface area contributed by atoms with Crippen LogP contribution < -0.4 is 11.1 Å². The van der Waals surface area contributed by atoms with E-state index in [4.69, 9.17) is 15.7 Å². The second-order valence-corrected chi connectivity index (χ2v) is 12.7. The number of amides is 1. The van der Waals surface area contributed by atoms with Gasteiger partial charge in [-0.25, -0.2) is 8.96 Å². The number of aromatic nitrogens is 2. The maximum atomic E-state index is 13.7. The van der Waals surface area contributed by atoms with Crippen molar-refractivity contribution in [1.82, 2.24) is 23.5 Å². The molecule has 2 aromatic heterocycles. The number of oxime groups is 1. The van der Waals surface area contributed by atoms with Gasteiger partial charge in [-0.3, -0.25) is 9.59 Å². The van der Waals surface area contributed by atoms with Gasteiger partial charge in [0, 0.05) is 72.2 Å². The topological polar surface area (TPSA) is 172 Å². The molecule has 2 aliphatic rings. The Hall–Kier alpha value is -3.53. The third-order valence-electron chi connectivity index (χ3n) is 7.10.